The molecule has 0 amide bonds. The molecule has 5 atom stereocenters. The molecular weight excluding hydrogens is 240 g/mol. The fraction of sp³-hybridized carbons (Fsp3) is 0.923. The Morgan fingerprint density at radius 1 is 1.00 bits per heavy atom. The molecular formula is C13H19ClOS. The van der Waals surface area contributed by atoms with Crippen LogP contribution in [0.25, 0.3) is 0 Å². The van der Waals surface area contributed by atoms with Crippen LogP contribution in [-0.4, -0.2) is 21.7 Å². The molecule has 1 aliphatic heterocycles. The Balaban J connectivity index is 1.78. The summed E-state index contributed by atoms with van der Waals surface area (Å²) in [7, 11) is 0. The number of fused-ring (bicyclic) bond motifs is 2. The Labute approximate surface area is 107 Å². The zero-order chi connectivity index (χ0) is 11.1. The van der Waals surface area contributed by atoms with Gasteiger partial charge in [-0.05, 0) is 32.1 Å². The number of carbonyl (C=O) groups excluding carboxylic acids is 1. The van der Waals surface area contributed by atoms with Crippen molar-refractivity contribution < 1.29 is 4.79 Å². The van der Waals surface area contributed by atoms with Crippen molar-refractivity contribution in [2.75, 3.05) is 0 Å². The molecule has 90 valence electrons. The highest BCUT2D eigenvalue weighted by molar-refractivity contribution is 8.00. The van der Waals surface area contributed by atoms with Gasteiger partial charge in [0.25, 0.3) is 0 Å². The minimum absolute atomic E-state index is 0.256. The topological polar surface area (TPSA) is 17.1 Å². The van der Waals surface area contributed by atoms with Crippen molar-refractivity contribution in [1.82, 2.24) is 0 Å². The summed E-state index contributed by atoms with van der Waals surface area (Å²) in [4.78, 5) is 12.5. The van der Waals surface area contributed by atoms with E-state index in [4.69, 9.17) is 11.6 Å². The normalized spacial score (nSPS) is 48.3. The highest BCUT2D eigenvalue weighted by atomic mass is 35.5. The molecule has 0 spiro atoms. The van der Waals surface area contributed by atoms with Gasteiger partial charge in [-0.15, -0.1) is 11.6 Å². The van der Waals surface area contributed by atoms with Gasteiger partial charge in [-0.1, -0.05) is 12.8 Å². The van der Waals surface area contributed by atoms with E-state index >= 15 is 0 Å². The third-order valence-corrected chi connectivity index (χ3v) is 6.73. The quantitative estimate of drug-likeness (QED) is 0.617. The van der Waals surface area contributed by atoms with Gasteiger partial charge in [-0.25, -0.2) is 0 Å². The van der Waals surface area contributed by atoms with Crippen molar-refractivity contribution in [3.8, 4) is 0 Å². The van der Waals surface area contributed by atoms with Gasteiger partial charge in [0.15, 0.2) is 0 Å². The second-order valence-electron chi connectivity index (χ2n) is 5.52. The van der Waals surface area contributed by atoms with Crippen LogP contribution in [0.15, 0.2) is 0 Å². The first-order valence-electron chi connectivity index (χ1n) is 6.59. The molecule has 1 heterocycles. The largest absolute Gasteiger partial charge is 0.299 e. The number of Topliss-reactive ketones (excluding diaryl/α,β-unsaturated/α-hetero) is 1. The number of hydrogen-bond donors (Lipinski definition) is 0. The number of alkyl halides is 1. The molecule has 3 aliphatic rings. The van der Waals surface area contributed by atoms with E-state index in [9.17, 15) is 4.79 Å². The SMILES string of the molecule is O=C1C2CCCCC2SC2CCC(Cl)CC12. The molecule has 0 N–H and O–H groups in total. The Morgan fingerprint density at radius 2 is 1.75 bits per heavy atom. The maximum absolute atomic E-state index is 12.5. The molecule has 16 heavy (non-hydrogen) atoms. The number of halogens is 1. The second kappa shape index (κ2) is 4.53. The third-order valence-electron chi connectivity index (χ3n) is 4.51. The summed E-state index contributed by atoms with van der Waals surface area (Å²) in [6, 6.07) is 0. The first-order chi connectivity index (χ1) is 7.75. The molecule has 0 aromatic carbocycles. The predicted octanol–water partition coefficient (Wildman–Crippen LogP) is 3.64. The number of ketones is 1. The van der Waals surface area contributed by atoms with Crippen LogP contribution in [0, 0.1) is 11.8 Å². The lowest BCUT2D eigenvalue weighted by Crippen LogP contribution is -2.46. The summed E-state index contributed by atoms with van der Waals surface area (Å²) in [5, 5.41) is 1.50. The molecule has 0 radical (unpaired) electrons. The highest BCUT2D eigenvalue weighted by Gasteiger charge is 2.46. The zero-order valence-corrected chi connectivity index (χ0v) is 11.1. The molecule has 1 saturated heterocycles. The average molecular weight is 259 g/mol. The van der Waals surface area contributed by atoms with Crippen molar-refractivity contribution in [1.29, 1.82) is 0 Å². The van der Waals surface area contributed by atoms with Gasteiger partial charge in [0.05, 0.1) is 0 Å². The second-order valence-corrected chi connectivity index (χ2v) is 7.62. The molecule has 0 aromatic rings. The Morgan fingerprint density at radius 3 is 2.62 bits per heavy atom. The third kappa shape index (κ3) is 1.92. The maximum atomic E-state index is 12.5. The van der Waals surface area contributed by atoms with Gasteiger partial charge < -0.3 is 0 Å². The van der Waals surface area contributed by atoms with Crippen molar-refractivity contribution in [2.45, 2.75) is 60.8 Å². The average Bonchev–Trinajstić information content (AvgIpc) is 2.31. The van der Waals surface area contributed by atoms with E-state index in [-0.39, 0.29) is 5.38 Å². The van der Waals surface area contributed by atoms with E-state index < -0.39 is 0 Å². The molecule has 1 nitrogen and oxygen atoms in total. The van der Waals surface area contributed by atoms with Crippen LogP contribution in [0.4, 0.5) is 0 Å². The number of rotatable bonds is 0. The number of carbonyl (C=O) groups is 1. The standard InChI is InChI=1S/C13H19ClOS/c14-8-5-6-12-10(7-8)13(15)9-3-1-2-4-11(9)16-12/h8-12H,1-7H2. The monoisotopic (exact) mass is 258 g/mol. The van der Waals surface area contributed by atoms with Gasteiger partial charge in [0.2, 0.25) is 0 Å². The molecule has 3 fully saturated rings. The fourth-order valence-electron chi connectivity index (χ4n) is 3.64. The molecule has 0 bridgehead atoms. The van der Waals surface area contributed by atoms with Crippen molar-refractivity contribution in [2.24, 2.45) is 11.8 Å². The summed E-state index contributed by atoms with van der Waals surface area (Å²) in [6.45, 7) is 0. The first-order valence-corrected chi connectivity index (χ1v) is 7.97. The van der Waals surface area contributed by atoms with E-state index in [0.29, 0.717) is 28.1 Å². The molecule has 3 heteroatoms. The maximum Gasteiger partial charge on any atom is 0.141 e. The van der Waals surface area contributed by atoms with Crippen LogP contribution in [0.3, 0.4) is 0 Å². The summed E-state index contributed by atoms with van der Waals surface area (Å²) >= 11 is 8.34. The van der Waals surface area contributed by atoms with Gasteiger partial charge in [0, 0.05) is 27.7 Å². The lowest BCUT2D eigenvalue weighted by Gasteiger charge is -2.45. The van der Waals surface area contributed by atoms with Gasteiger partial charge in [0.1, 0.15) is 5.78 Å². The molecule has 2 aliphatic carbocycles. The van der Waals surface area contributed by atoms with Crippen molar-refractivity contribution in [3.63, 3.8) is 0 Å². The van der Waals surface area contributed by atoms with Crippen LogP contribution >= 0.6 is 23.4 Å². The van der Waals surface area contributed by atoms with Gasteiger partial charge in [-0.3, -0.25) is 4.79 Å². The van der Waals surface area contributed by atoms with E-state index in [1.54, 1.807) is 0 Å². The number of hydrogen-bond acceptors (Lipinski definition) is 2. The van der Waals surface area contributed by atoms with Crippen LogP contribution in [0.2, 0.25) is 0 Å². The molecule has 0 aromatic heterocycles. The Hall–Kier alpha value is 0.310. The first kappa shape index (κ1) is 11.4. The highest BCUT2D eigenvalue weighted by Crippen LogP contribution is 2.49. The minimum atomic E-state index is 0.256. The summed E-state index contributed by atoms with van der Waals surface area (Å²) in [6.07, 6.45) is 8.23. The van der Waals surface area contributed by atoms with Crippen LogP contribution in [0.1, 0.15) is 44.9 Å². The molecule has 2 saturated carbocycles. The smallest absolute Gasteiger partial charge is 0.141 e. The van der Waals surface area contributed by atoms with Crippen molar-refractivity contribution in [3.05, 3.63) is 0 Å². The van der Waals surface area contributed by atoms with E-state index in [1.165, 1.54) is 25.7 Å². The Kier molecular flexibility index (Phi) is 3.23. The van der Waals surface area contributed by atoms with Crippen LogP contribution in [-0.2, 0) is 4.79 Å². The molecule has 3 rings (SSSR count). The van der Waals surface area contributed by atoms with Crippen LogP contribution in [0.5, 0.6) is 0 Å². The fourth-order valence-corrected chi connectivity index (χ4v) is 5.88. The lowest BCUT2D eigenvalue weighted by molar-refractivity contribution is -0.128. The number of thioether (sulfide) groups is 1. The van der Waals surface area contributed by atoms with E-state index in [1.807, 2.05) is 0 Å². The zero-order valence-electron chi connectivity index (χ0n) is 9.53. The van der Waals surface area contributed by atoms with E-state index in [2.05, 4.69) is 11.8 Å². The summed E-state index contributed by atoms with van der Waals surface area (Å²) < 4.78 is 0. The van der Waals surface area contributed by atoms with Crippen molar-refractivity contribution >= 4 is 29.1 Å². The molecule has 5 unspecified atom stereocenters. The minimum Gasteiger partial charge on any atom is -0.299 e. The Bertz CT molecular complexity index is 294. The summed E-state index contributed by atoms with van der Waals surface area (Å²) in [5.74, 6) is 1.24. The van der Waals surface area contributed by atoms with Gasteiger partial charge >= 0.3 is 0 Å². The van der Waals surface area contributed by atoms with Crippen LogP contribution < -0.4 is 0 Å². The predicted molar refractivity (Wildman–Crippen MR) is 69.1 cm³/mol. The lowest BCUT2D eigenvalue weighted by atomic mass is 9.75. The summed E-state index contributed by atoms with van der Waals surface area (Å²) in [5.41, 5.74) is 0. The van der Waals surface area contributed by atoms with E-state index in [0.717, 1.165) is 19.3 Å². The van der Waals surface area contributed by atoms with Gasteiger partial charge in [-0.2, -0.15) is 11.8 Å².